The average Bonchev–Trinajstić information content (AvgIpc) is 2.47. The van der Waals surface area contributed by atoms with Gasteiger partial charge in [0.15, 0.2) is 0 Å². The van der Waals surface area contributed by atoms with Crippen LogP contribution in [0.25, 0.3) is 0 Å². The minimum atomic E-state index is -0.00190. The van der Waals surface area contributed by atoms with Gasteiger partial charge in [-0.2, -0.15) is 0 Å². The molecule has 0 radical (unpaired) electrons. The Morgan fingerprint density at radius 2 is 1.90 bits per heavy atom. The fraction of sp³-hybridized carbons (Fsp3) is 0.667. The summed E-state index contributed by atoms with van der Waals surface area (Å²) in [6.07, 6.45) is 6.72. The van der Waals surface area contributed by atoms with Crippen LogP contribution in [0, 0.1) is 19.8 Å². The summed E-state index contributed by atoms with van der Waals surface area (Å²) in [5.74, 6) is 0.624. The molecule has 2 atom stereocenters. The average molecular weight is 275 g/mol. The van der Waals surface area contributed by atoms with E-state index in [0.29, 0.717) is 5.92 Å². The third kappa shape index (κ3) is 3.62. The second-order valence-electron chi connectivity index (χ2n) is 6.20. The molecule has 1 aromatic carbocycles. The first-order chi connectivity index (χ1) is 9.63. The van der Waals surface area contributed by atoms with Gasteiger partial charge in [0.05, 0.1) is 12.1 Å². The first kappa shape index (κ1) is 15.5. The van der Waals surface area contributed by atoms with Crippen LogP contribution in [0.3, 0.4) is 0 Å². The van der Waals surface area contributed by atoms with E-state index in [1.807, 2.05) is 0 Å². The van der Waals surface area contributed by atoms with Crippen molar-refractivity contribution in [1.82, 2.24) is 0 Å². The standard InChI is InChI=1S/C18H29NO/c1-4-20-18(15-8-6-5-7-9-15)17(19)16-12-13(2)10-11-14(16)3/h10-12,15,17-18H,4-9,19H2,1-3H3. The van der Waals surface area contributed by atoms with Crippen molar-refractivity contribution in [1.29, 1.82) is 0 Å². The third-order valence-electron chi connectivity index (χ3n) is 4.62. The van der Waals surface area contributed by atoms with Crippen molar-refractivity contribution in [3.63, 3.8) is 0 Å². The number of hydrogen-bond acceptors (Lipinski definition) is 2. The molecule has 0 aliphatic heterocycles. The normalized spacial score (nSPS) is 19.8. The highest BCUT2D eigenvalue weighted by Gasteiger charge is 2.30. The molecular formula is C18H29NO. The van der Waals surface area contributed by atoms with Gasteiger partial charge in [-0.15, -0.1) is 0 Å². The fourth-order valence-electron chi connectivity index (χ4n) is 3.48. The van der Waals surface area contributed by atoms with Crippen LogP contribution < -0.4 is 5.73 Å². The molecule has 0 spiro atoms. The quantitative estimate of drug-likeness (QED) is 0.870. The van der Waals surface area contributed by atoms with Gasteiger partial charge in [-0.3, -0.25) is 0 Å². The second-order valence-corrected chi connectivity index (χ2v) is 6.20. The van der Waals surface area contributed by atoms with Gasteiger partial charge in [-0.1, -0.05) is 43.0 Å². The van der Waals surface area contributed by atoms with Crippen LogP contribution in [0.4, 0.5) is 0 Å². The van der Waals surface area contributed by atoms with Crippen LogP contribution in [0.15, 0.2) is 18.2 Å². The summed E-state index contributed by atoms with van der Waals surface area (Å²) < 4.78 is 6.07. The summed E-state index contributed by atoms with van der Waals surface area (Å²) in [6.45, 7) is 7.11. The number of ether oxygens (including phenoxy) is 1. The molecule has 1 aliphatic rings. The topological polar surface area (TPSA) is 35.2 Å². The lowest BCUT2D eigenvalue weighted by molar-refractivity contribution is -0.00997. The van der Waals surface area contributed by atoms with Crippen molar-refractivity contribution in [2.75, 3.05) is 6.61 Å². The molecule has 0 aromatic heterocycles. The molecule has 2 unspecified atom stereocenters. The summed E-state index contributed by atoms with van der Waals surface area (Å²) in [5.41, 5.74) is 10.4. The zero-order valence-corrected chi connectivity index (χ0v) is 13.2. The largest absolute Gasteiger partial charge is 0.376 e. The molecule has 2 rings (SSSR count). The lowest BCUT2D eigenvalue weighted by Gasteiger charge is -2.34. The maximum Gasteiger partial charge on any atom is 0.0795 e. The van der Waals surface area contributed by atoms with E-state index in [-0.39, 0.29) is 12.1 Å². The predicted octanol–water partition coefficient (Wildman–Crippen LogP) is 4.29. The Morgan fingerprint density at radius 3 is 2.55 bits per heavy atom. The molecule has 1 aromatic rings. The van der Waals surface area contributed by atoms with Crippen molar-refractivity contribution >= 4 is 0 Å². The van der Waals surface area contributed by atoms with Crippen molar-refractivity contribution in [2.45, 2.75) is 65.0 Å². The summed E-state index contributed by atoms with van der Waals surface area (Å²) >= 11 is 0. The maximum absolute atomic E-state index is 6.60. The van der Waals surface area contributed by atoms with Gasteiger partial charge in [0.1, 0.15) is 0 Å². The molecule has 1 aliphatic carbocycles. The summed E-state index contributed by atoms with van der Waals surface area (Å²) in [7, 11) is 0. The minimum absolute atomic E-state index is 0.00190. The Labute approximate surface area is 123 Å². The van der Waals surface area contributed by atoms with E-state index in [0.717, 1.165) is 6.61 Å². The molecule has 0 heterocycles. The molecular weight excluding hydrogens is 246 g/mol. The molecule has 1 fully saturated rings. The highest BCUT2D eigenvalue weighted by atomic mass is 16.5. The van der Waals surface area contributed by atoms with E-state index >= 15 is 0 Å². The summed E-state index contributed by atoms with van der Waals surface area (Å²) in [4.78, 5) is 0. The smallest absolute Gasteiger partial charge is 0.0795 e. The molecule has 0 saturated heterocycles. The molecule has 1 saturated carbocycles. The molecule has 2 heteroatoms. The van der Waals surface area contributed by atoms with E-state index in [4.69, 9.17) is 10.5 Å². The fourth-order valence-corrected chi connectivity index (χ4v) is 3.48. The molecule has 2 nitrogen and oxygen atoms in total. The summed E-state index contributed by atoms with van der Waals surface area (Å²) in [5, 5.41) is 0. The van der Waals surface area contributed by atoms with Crippen molar-refractivity contribution < 1.29 is 4.74 Å². The Kier molecular flexibility index (Phi) is 5.62. The van der Waals surface area contributed by atoms with E-state index in [1.165, 1.54) is 48.8 Å². The molecule has 0 amide bonds. The first-order valence-corrected chi connectivity index (χ1v) is 8.07. The van der Waals surface area contributed by atoms with Crippen LogP contribution in [0.5, 0.6) is 0 Å². The number of nitrogens with two attached hydrogens (primary N) is 1. The van der Waals surface area contributed by atoms with Gasteiger partial charge in [0.2, 0.25) is 0 Å². The zero-order chi connectivity index (χ0) is 14.5. The minimum Gasteiger partial charge on any atom is -0.376 e. The van der Waals surface area contributed by atoms with Gasteiger partial charge in [0, 0.05) is 6.61 Å². The SMILES string of the molecule is CCOC(C1CCCCC1)C(N)c1cc(C)ccc1C. The number of hydrogen-bond donors (Lipinski definition) is 1. The van der Waals surface area contributed by atoms with Crippen molar-refractivity contribution in [2.24, 2.45) is 11.7 Å². The van der Waals surface area contributed by atoms with Crippen LogP contribution in [-0.4, -0.2) is 12.7 Å². The van der Waals surface area contributed by atoms with E-state index in [1.54, 1.807) is 0 Å². The van der Waals surface area contributed by atoms with Gasteiger partial charge in [0.25, 0.3) is 0 Å². The highest BCUT2D eigenvalue weighted by molar-refractivity contribution is 5.33. The van der Waals surface area contributed by atoms with Crippen LogP contribution in [-0.2, 0) is 4.74 Å². The van der Waals surface area contributed by atoms with Crippen LogP contribution in [0.1, 0.15) is 61.8 Å². The van der Waals surface area contributed by atoms with Gasteiger partial charge in [-0.05, 0) is 50.7 Å². The zero-order valence-electron chi connectivity index (χ0n) is 13.2. The number of aryl methyl sites for hydroxylation is 2. The maximum atomic E-state index is 6.60. The monoisotopic (exact) mass is 275 g/mol. The highest BCUT2D eigenvalue weighted by Crippen LogP contribution is 2.34. The van der Waals surface area contributed by atoms with Gasteiger partial charge in [-0.25, -0.2) is 0 Å². The Balaban J connectivity index is 2.20. The molecule has 0 bridgehead atoms. The van der Waals surface area contributed by atoms with Crippen LogP contribution in [0.2, 0.25) is 0 Å². The van der Waals surface area contributed by atoms with E-state index in [2.05, 4.69) is 39.0 Å². The van der Waals surface area contributed by atoms with Gasteiger partial charge < -0.3 is 10.5 Å². The molecule has 2 N–H and O–H groups in total. The van der Waals surface area contributed by atoms with Crippen molar-refractivity contribution in [3.8, 4) is 0 Å². The summed E-state index contributed by atoms with van der Waals surface area (Å²) in [6, 6.07) is 6.56. The van der Waals surface area contributed by atoms with Gasteiger partial charge >= 0.3 is 0 Å². The molecule has 20 heavy (non-hydrogen) atoms. The Hall–Kier alpha value is -0.860. The first-order valence-electron chi connectivity index (χ1n) is 8.07. The second kappa shape index (κ2) is 7.24. The van der Waals surface area contributed by atoms with Crippen molar-refractivity contribution in [3.05, 3.63) is 34.9 Å². The predicted molar refractivity (Wildman–Crippen MR) is 84.8 cm³/mol. The lowest BCUT2D eigenvalue weighted by Crippen LogP contribution is -2.37. The lowest BCUT2D eigenvalue weighted by atomic mass is 9.80. The van der Waals surface area contributed by atoms with E-state index < -0.39 is 0 Å². The number of rotatable bonds is 5. The Bertz CT molecular complexity index is 423. The van der Waals surface area contributed by atoms with E-state index in [9.17, 15) is 0 Å². The Morgan fingerprint density at radius 1 is 1.20 bits per heavy atom. The molecule has 112 valence electrons. The third-order valence-corrected chi connectivity index (χ3v) is 4.62. The van der Waals surface area contributed by atoms with Crippen LogP contribution >= 0.6 is 0 Å². The number of benzene rings is 1.